The Balaban J connectivity index is 1.43. The number of nitrogens with one attached hydrogen (secondary N) is 1. The summed E-state index contributed by atoms with van der Waals surface area (Å²) in [7, 11) is 0. The number of hydrogen-bond donors (Lipinski definition) is 1. The first-order valence-electron chi connectivity index (χ1n) is 8.15. The number of carbonyl (C=O) groups excluding carboxylic acids is 1. The highest BCUT2D eigenvalue weighted by atomic mass is 16.5. The number of ether oxygens (including phenoxy) is 2. The van der Waals surface area contributed by atoms with Crippen LogP contribution in [-0.4, -0.2) is 48.2 Å². The molecule has 2 heterocycles. The third kappa shape index (κ3) is 4.18. The molecule has 1 aromatic heterocycles. The van der Waals surface area contributed by atoms with Crippen molar-refractivity contribution in [3.05, 3.63) is 40.8 Å². The van der Waals surface area contributed by atoms with Crippen molar-refractivity contribution in [1.82, 2.24) is 15.1 Å². The Kier molecular flexibility index (Phi) is 5.55. The zero-order chi connectivity index (χ0) is 16.8. The second-order valence-electron chi connectivity index (χ2n) is 5.76. The molecule has 7 heteroatoms. The minimum absolute atomic E-state index is 0.0000916. The molecule has 0 spiro atoms. The van der Waals surface area contributed by atoms with Gasteiger partial charge >= 0.3 is 0 Å². The summed E-state index contributed by atoms with van der Waals surface area (Å²) < 4.78 is 12.1. The molecule has 24 heavy (non-hydrogen) atoms. The number of rotatable bonds is 7. The smallest absolute Gasteiger partial charge is 0.274 e. The van der Waals surface area contributed by atoms with Gasteiger partial charge in [-0.3, -0.25) is 9.59 Å². The fraction of sp³-hybridized carbons (Fsp3) is 0.471. The SMILES string of the molecule is O=C(COCC1CCCO1)NCCn1ncc2ccccc2c1=O. The van der Waals surface area contributed by atoms with Gasteiger partial charge < -0.3 is 14.8 Å². The van der Waals surface area contributed by atoms with Gasteiger partial charge in [0, 0.05) is 18.5 Å². The van der Waals surface area contributed by atoms with E-state index in [1.165, 1.54) is 4.68 Å². The normalized spacial score (nSPS) is 17.2. The lowest BCUT2D eigenvalue weighted by molar-refractivity contribution is -0.126. The fourth-order valence-electron chi connectivity index (χ4n) is 2.70. The molecule has 1 N–H and O–H groups in total. The van der Waals surface area contributed by atoms with Crippen LogP contribution in [0.25, 0.3) is 10.8 Å². The number of carbonyl (C=O) groups is 1. The predicted octanol–water partition coefficient (Wildman–Crippen LogP) is 0.708. The summed E-state index contributed by atoms with van der Waals surface area (Å²) in [5.41, 5.74) is -0.156. The molecule has 2 aromatic rings. The summed E-state index contributed by atoms with van der Waals surface area (Å²) in [6, 6.07) is 7.31. The average molecular weight is 331 g/mol. The number of hydrogen-bond acceptors (Lipinski definition) is 5. The number of fused-ring (bicyclic) bond motifs is 1. The van der Waals surface area contributed by atoms with E-state index in [0.29, 0.717) is 25.1 Å². The van der Waals surface area contributed by atoms with E-state index in [4.69, 9.17) is 9.47 Å². The van der Waals surface area contributed by atoms with Gasteiger partial charge in [0.05, 0.1) is 30.8 Å². The Morgan fingerprint density at radius 1 is 1.42 bits per heavy atom. The van der Waals surface area contributed by atoms with E-state index < -0.39 is 0 Å². The molecule has 0 bridgehead atoms. The van der Waals surface area contributed by atoms with Crippen molar-refractivity contribution in [3.63, 3.8) is 0 Å². The third-order valence-electron chi connectivity index (χ3n) is 3.97. The van der Waals surface area contributed by atoms with Gasteiger partial charge in [-0.25, -0.2) is 4.68 Å². The fourth-order valence-corrected chi connectivity index (χ4v) is 2.70. The Morgan fingerprint density at radius 3 is 3.12 bits per heavy atom. The number of benzene rings is 1. The van der Waals surface area contributed by atoms with Crippen LogP contribution in [0.3, 0.4) is 0 Å². The minimum atomic E-state index is -0.207. The quantitative estimate of drug-likeness (QED) is 0.808. The van der Waals surface area contributed by atoms with Crippen molar-refractivity contribution in [2.45, 2.75) is 25.5 Å². The highest BCUT2D eigenvalue weighted by molar-refractivity contribution is 5.80. The van der Waals surface area contributed by atoms with Crippen molar-refractivity contribution in [2.24, 2.45) is 0 Å². The summed E-state index contributed by atoms with van der Waals surface area (Å²) in [5, 5.41) is 8.28. The molecule has 1 aliphatic heterocycles. The Bertz CT molecular complexity index is 753. The Hall–Kier alpha value is -2.25. The van der Waals surface area contributed by atoms with Crippen LogP contribution in [-0.2, 0) is 20.8 Å². The van der Waals surface area contributed by atoms with E-state index >= 15 is 0 Å². The van der Waals surface area contributed by atoms with Crippen LogP contribution >= 0.6 is 0 Å². The van der Waals surface area contributed by atoms with Crippen LogP contribution in [0.5, 0.6) is 0 Å². The van der Waals surface area contributed by atoms with Gasteiger partial charge in [-0.2, -0.15) is 5.10 Å². The lowest BCUT2D eigenvalue weighted by atomic mass is 10.2. The van der Waals surface area contributed by atoms with Gasteiger partial charge in [-0.05, 0) is 18.9 Å². The summed E-state index contributed by atoms with van der Waals surface area (Å²) >= 11 is 0. The first kappa shape index (κ1) is 16.6. The molecule has 3 rings (SSSR count). The summed E-state index contributed by atoms with van der Waals surface area (Å²) in [6.07, 6.45) is 3.80. The molecule has 0 saturated carbocycles. The third-order valence-corrected chi connectivity index (χ3v) is 3.97. The van der Waals surface area contributed by atoms with E-state index in [2.05, 4.69) is 10.4 Å². The predicted molar refractivity (Wildman–Crippen MR) is 88.8 cm³/mol. The number of nitrogens with zero attached hydrogens (tertiary/aromatic N) is 2. The van der Waals surface area contributed by atoms with Crippen LogP contribution in [0.15, 0.2) is 35.3 Å². The molecule has 1 aromatic carbocycles. The van der Waals surface area contributed by atoms with Crippen LogP contribution in [0.4, 0.5) is 0 Å². The standard InChI is InChI=1S/C17H21N3O4/c21-16(12-23-11-14-5-3-9-24-14)18-7-8-20-17(22)15-6-2-1-4-13(15)10-19-20/h1-2,4,6,10,14H,3,5,7-9,11-12H2,(H,18,21). The van der Waals surface area contributed by atoms with E-state index in [0.717, 1.165) is 24.8 Å². The van der Waals surface area contributed by atoms with Crippen LogP contribution in [0.1, 0.15) is 12.8 Å². The zero-order valence-electron chi connectivity index (χ0n) is 13.4. The highest BCUT2D eigenvalue weighted by Gasteiger charge is 2.15. The molecule has 1 aliphatic rings. The van der Waals surface area contributed by atoms with E-state index in [1.54, 1.807) is 12.3 Å². The van der Waals surface area contributed by atoms with Gasteiger partial charge in [-0.1, -0.05) is 18.2 Å². The minimum Gasteiger partial charge on any atom is -0.376 e. The number of aromatic nitrogens is 2. The Morgan fingerprint density at radius 2 is 2.29 bits per heavy atom. The van der Waals surface area contributed by atoms with Crippen molar-refractivity contribution in [2.75, 3.05) is 26.4 Å². The molecular formula is C17H21N3O4. The van der Waals surface area contributed by atoms with Crippen LogP contribution in [0, 0.1) is 0 Å². The molecule has 1 saturated heterocycles. The maximum Gasteiger partial charge on any atom is 0.274 e. The monoisotopic (exact) mass is 331 g/mol. The Labute approximate surface area is 139 Å². The average Bonchev–Trinajstić information content (AvgIpc) is 3.11. The molecule has 0 aliphatic carbocycles. The second-order valence-corrected chi connectivity index (χ2v) is 5.76. The lowest BCUT2D eigenvalue weighted by Crippen LogP contribution is -2.34. The van der Waals surface area contributed by atoms with Gasteiger partial charge in [0.2, 0.25) is 5.91 Å². The first-order valence-corrected chi connectivity index (χ1v) is 8.15. The van der Waals surface area contributed by atoms with E-state index in [9.17, 15) is 9.59 Å². The van der Waals surface area contributed by atoms with E-state index in [1.807, 2.05) is 18.2 Å². The molecule has 7 nitrogen and oxygen atoms in total. The molecule has 0 radical (unpaired) electrons. The van der Waals surface area contributed by atoms with Gasteiger partial charge in [0.15, 0.2) is 0 Å². The lowest BCUT2D eigenvalue weighted by Gasteiger charge is -2.10. The topological polar surface area (TPSA) is 82.4 Å². The summed E-state index contributed by atoms with van der Waals surface area (Å²) in [4.78, 5) is 24.0. The van der Waals surface area contributed by atoms with Gasteiger partial charge in [-0.15, -0.1) is 0 Å². The highest BCUT2D eigenvalue weighted by Crippen LogP contribution is 2.11. The number of amides is 1. The van der Waals surface area contributed by atoms with Crippen molar-refractivity contribution < 1.29 is 14.3 Å². The second kappa shape index (κ2) is 8.03. The van der Waals surface area contributed by atoms with Crippen LogP contribution < -0.4 is 10.9 Å². The zero-order valence-corrected chi connectivity index (χ0v) is 13.4. The molecule has 1 fully saturated rings. The largest absolute Gasteiger partial charge is 0.376 e. The van der Waals surface area contributed by atoms with Gasteiger partial charge in [0.1, 0.15) is 6.61 Å². The maximum absolute atomic E-state index is 12.3. The van der Waals surface area contributed by atoms with Crippen molar-refractivity contribution >= 4 is 16.7 Å². The molecule has 1 amide bonds. The van der Waals surface area contributed by atoms with Crippen molar-refractivity contribution in [3.8, 4) is 0 Å². The van der Waals surface area contributed by atoms with Gasteiger partial charge in [0.25, 0.3) is 5.56 Å². The first-order chi connectivity index (χ1) is 11.7. The summed E-state index contributed by atoms with van der Waals surface area (Å²) in [5.74, 6) is -0.207. The molecular weight excluding hydrogens is 310 g/mol. The van der Waals surface area contributed by atoms with Crippen LogP contribution in [0.2, 0.25) is 0 Å². The summed E-state index contributed by atoms with van der Waals surface area (Å²) in [6.45, 7) is 1.86. The molecule has 1 unspecified atom stereocenters. The van der Waals surface area contributed by atoms with E-state index in [-0.39, 0.29) is 24.2 Å². The van der Waals surface area contributed by atoms with Crippen molar-refractivity contribution in [1.29, 1.82) is 0 Å². The maximum atomic E-state index is 12.3. The molecule has 1 atom stereocenters. The molecule has 128 valence electrons.